The lowest BCUT2D eigenvalue weighted by Crippen LogP contribution is -2.36. The predicted molar refractivity (Wildman–Crippen MR) is 85.4 cm³/mol. The smallest absolute Gasteiger partial charge is 0.278 e. The second kappa shape index (κ2) is 5.75. The molecule has 0 saturated carbocycles. The minimum absolute atomic E-state index is 0.172. The lowest BCUT2D eigenvalue weighted by molar-refractivity contribution is 0.0979. The topological polar surface area (TPSA) is 66.1 Å². The first-order chi connectivity index (χ1) is 10.6. The summed E-state index contributed by atoms with van der Waals surface area (Å²) in [5.41, 5.74) is 3.40. The Kier molecular flexibility index (Phi) is 3.79. The van der Waals surface area contributed by atoms with Crippen molar-refractivity contribution in [3.05, 3.63) is 57.5 Å². The number of hydrogen-bond acceptors (Lipinski definition) is 3. The highest BCUT2D eigenvalue weighted by Gasteiger charge is 2.24. The standard InChI is InChI=1S/C17H19N3O2/c1-11(2)12-5-7-15-13(10-12)4-3-9-20(15)17(22)14-6-8-16(21)19-18-14/h5-8,10-11H,3-4,9H2,1-2H3,(H,19,21). The third kappa shape index (κ3) is 2.66. The van der Waals surface area contributed by atoms with Crippen molar-refractivity contribution in [1.29, 1.82) is 0 Å². The van der Waals surface area contributed by atoms with Gasteiger partial charge in [-0.25, -0.2) is 5.10 Å². The fourth-order valence-electron chi connectivity index (χ4n) is 2.79. The minimum atomic E-state index is -0.308. The minimum Gasteiger partial charge on any atom is -0.307 e. The third-order valence-corrected chi connectivity index (χ3v) is 4.03. The van der Waals surface area contributed by atoms with E-state index in [1.807, 2.05) is 6.07 Å². The SMILES string of the molecule is CC(C)c1ccc2c(c1)CCCN2C(=O)c1ccc(=O)[nH]n1. The highest BCUT2D eigenvalue weighted by Crippen LogP contribution is 2.30. The van der Waals surface area contributed by atoms with Crippen molar-refractivity contribution in [2.45, 2.75) is 32.6 Å². The van der Waals surface area contributed by atoms with E-state index in [2.05, 4.69) is 36.2 Å². The summed E-state index contributed by atoms with van der Waals surface area (Å²) < 4.78 is 0. The third-order valence-electron chi connectivity index (χ3n) is 4.03. The zero-order valence-electron chi connectivity index (χ0n) is 12.8. The molecule has 0 bridgehead atoms. The molecular weight excluding hydrogens is 278 g/mol. The van der Waals surface area contributed by atoms with E-state index in [4.69, 9.17) is 0 Å². The summed E-state index contributed by atoms with van der Waals surface area (Å²) in [4.78, 5) is 25.5. The normalized spacial score (nSPS) is 14.0. The monoisotopic (exact) mass is 297 g/mol. The Labute approximate surface area is 129 Å². The zero-order valence-corrected chi connectivity index (χ0v) is 12.8. The first kappa shape index (κ1) is 14.5. The summed E-state index contributed by atoms with van der Waals surface area (Å²) in [6.07, 6.45) is 1.92. The molecule has 0 saturated heterocycles. The number of nitrogens with zero attached hydrogens (tertiary/aromatic N) is 2. The fourth-order valence-corrected chi connectivity index (χ4v) is 2.79. The van der Waals surface area contributed by atoms with Gasteiger partial charge in [0.05, 0.1) is 0 Å². The molecule has 1 aliphatic heterocycles. The lowest BCUT2D eigenvalue weighted by Gasteiger charge is -2.30. The highest BCUT2D eigenvalue weighted by atomic mass is 16.2. The van der Waals surface area contributed by atoms with Crippen LogP contribution in [0, 0.1) is 0 Å². The number of benzene rings is 1. The molecule has 1 aliphatic rings. The molecule has 114 valence electrons. The number of carbonyl (C=O) groups excluding carboxylic acids is 1. The molecule has 2 heterocycles. The van der Waals surface area contributed by atoms with Crippen LogP contribution in [-0.4, -0.2) is 22.6 Å². The van der Waals surface area contributed by atoms with E-state index in [0.717, 1.165) is 18.5 Å². The summed E-state index contributed by atoms with van der Waals surface area (Å²) >= 11 is 0. The van der Waals surface area contributed by atoms with E-state index in [-0.39, 0.29) is 17.2 Å². The molecule has 0 atom stereocenters. The first-order valence-corrected chi connectivity index (χ1v) is 7.56. The van der Waals surface area contributed by atoms with E-state index in [0.29, 0.717) is 12.5 Å². The van der Waals surface area contributed by atoms with Gasteiger partial charge >= 0.3 is 0 Å². The maximum atomic E-state index is 12.6. The zero-order chi connectivity index (χ0) is 15.7. The molecule has 1 aromatic carbocycles. The molecule has 5 heteroatoms. The molecule has 0 spiro atoms. The van der Waals surface area contributed by atoms with Crippen LogP contribution in [-0.2, 0) is 6.42 Å². The van der Waals surface area contributed by atoms with Gasteiger partial charge in [-0.05, 0) is 42.0 Å². The van der Waals surface area contributed by atoms with Crippen LogP contribution < -0.4 is 10.5 Å². The average molecular weight is 297 g/mol. The molecule has 0 aliphatic carbocycles. The molecule has 2 aromatic rings. The Hall–Kier alpha value is -2.43. The van der Waals surface area contributed by atoms with Gasteiger partial charge in [0.15, 0.2) is 0 Å². The number of nitrogens with one attached hydrogen (secondary N) is 1. The Balaban J connectivity index is 1.95. The van der Waals surface area contributed by atoms with Crippen molar-refractivity contribution in [3.63, 3.8) is 0 Å². The number of aromatic nitrogens is 2. The molecule has 0 fully saturated rings. The average Bonchev–Trinajstić information content (AvgIpc) is 2.53. The number of rotatable bonds is 2. The van der Waals surface area contributed by atoms with Crippen molar-refractivity contribution < 1.29 is 4.79 Å². The molecular formula is C17H19N3O2. The Bertz CT molecular complexity index is 744. The van der Waals surface area contributed by atoms with Gasteiger partial charge in [-0.15, -0.1) is 0 Å². The number of hydrogen-bond donors (Lipinski definition) is 1. The fraction of sp³-hybridized carbons (Fsp3) is 0.353. The number of fused-ring (bicyclic) bond motifs is 1. The van der Waals surface area contributed by atoms with Gasteiger partial charge in [0.2, 0.25) is 0 Å². The number of anilines is 1. The van der Waals surface area contributed by atoms with Gasteiger partial charge in [-0.2, -0.15) is 5.10 Å². The summed E-state index contributed by atoms with van der Waals surface area (Å²) in [6.45, 7) is 5.00. The Morgan fingerprint density at radius 3 is 2.77 bits per heavy atom. The van der Waals surface area contributed by atoms with Crippen LogP contribution in [0.4, 0.5) is 5.69 Å². The quantitative estimate of drug-likeness (QED) is 0.926. The molecule has 0 unspecified atom stereocenters. The van der Waals surface area contributed by atoms with E-state index in [1.165, 1.54) is 23.3 Å². The molecule has 1 amide bonds. The number of H-pyrrole nitrogens is 1. The van der Waals surface area contributed by atoms with Gasteiger partial charge in [-0.3, -0.25) is 9.59 Å². The number of aryl methyl sites for hydroxylation is 1. The number of carbonyl (C=O) groups is 1. The molecule has 5 nitrogen and oxygen atoms in total. The van der Waals surface area contributed by atoms with Gasteiger partial charge < -0.3 is 4.90 Å². The largest absolute Gasteiger partial charge is 0.307 e. The first-order valence-electron chi connectivity index (χ1n) is 7.56. The summed E-state index contributed by atoms with van der Waals surface area (Å²) in [5, 5.41) is 6.16. The van der Waals surface area contributed by atoms with Crippen LogP contribution in [0.5, 0.6) is 0 Å². The maximum Gasteiger partial charge on any atom is 0.278 e. The summed E-state index contributed by atoms with van der Waals surface area (Å²) in [5.74, 6) is 0.298. The number of amides is 1. The Morgan fingerprint density at radius 1 is 1.27 bits per heavy atom. The van der Waals surface area contributed by atoms with Crippen LogP contribution in [0.3, 0.4) is 0 Å². The van der Waals surface area contributed by atoms with Crippen LogP contribution in [0.25, 0.3) is 0 Å². The number of aromatic amines is 1. The van der Waals surface area contributed by atoms with E-state index in [9.17, 15) is 9.59 Å². The van der Waals surface area contributed by atoms with E-state index in [1.54, 1.807) is 4.90 Å². The van der Waals surface area contributed by atoms with Crippen LogP contribution >= 0.6 is 0 Å². The van der Waals surface area contributed by atoms with Crippen LogP contribution in [0.1, 0.15) is 47.8 Å². The Morgan fingerprint density at radius 2 is 2.09 bits per heavy atom. The van der Waals surface area contributed by atoms with Gasteiger partial charge in [-0.1, -0.05) is 26.0 Å². The van der Waals surface area contributed by atoms with Crippen molar-refractivity contribution in [3.8, 4) is 0 Å². The van der Waals surface area contributed by atoms with Crippen molar-refractivity contribution in [2.75, 3.05) is 11.4 Å². The summed E-state index contributed by atoms with van der Waals surface area (Å²) in [6, 6.07) is 9.09. The second-order valence-corrected chi connectivity index (χ2v) is 5.91. The van der Waals surface area contributed by atoms with Gasteiger partial charge in [0.1, 0.15) is 5.69 Å². The lowest BCUT2D eigenvalue weighted by atomic mass is 9.94. The summed E-state index contributed by atoms with van der Waals surface area (Å²) in [7, 11) is 0. The maximum absolute atomic E-state index is 12.6. The molecule has 1 N–H and O–H groups in total. The molecule has 0 radical (unpaired) electrons. The van der Waals surface area contributed by atoms with Gasteiger partial charge in [0.25, 0.3) is 11.5 Å². The predicted octanol–water partition coefficient (Wildman–Crippen LogP) is 2.49. The van der Waals surface area contributed by atoms with E-state index >= 15 is 0 Å². The highest BCUT2D eigenvalue weighted by molar-refractivity contribution is 6.05. The van der Waals surface area contributed by atoms with Crippen molar-refractivity contribution in [2.24, 2.45) is 0 Å². The van der Waals surface area contributed by atoms with E-state index < -0.39 is 0 Å². The van der Waals surface area contributed by atoms with Gasteiger partial charge in [0, 0.05) is 18.3 Å². The molecule has 3 rings (SSSR count). The molecule has 1 aromatic heterocycles. The second-order valence-electron chi connectivity index (χ2n) is 5.91. The van der Waals surface area contributed by atoms with Crippen LogP contribution in [0.2, 0.25) is 0 Å². The van der Waals surface area contributed by atoms with Crippen LogP contribution in [0.15, 0.2) is 35.1 Å². The van der Waals surface area contributed by atoms with Crippen molar-refractivity contribution >= 4 is 11.6 Å². The van der Waals surface area contributed by atoms with Crippen molar-refractivity contribution in [1.82, 2.24) is 10.2 Å². The molecule has 22 heavy (non-hydrogen) atoms.